The van der Waals surface area contributed by atoms with Crippen LogP contribution in [0.2, 0.25) is 0 Å². The van der Waals surface area contributed by atoms with Crippen molar-refractivity contribution in [1.29, 1.82) is 0 Å². The molecule has 22 nitrogen and oxygen atoms in total. The van der Waals surface area contributed by atoms with Crippen LogP contribution in [0, 0.1) is 0 Å². The Balaban J connectivity index is 0.000000408. The number of aromatic carboxylic acids is 1. The molecular formula is C40H39N3O19S4-2. The number of hydrogen-bond acceptors (Lipinski definition) is 19. The van der Waals surface area contributed by atoms with Crippen LogP contribution in [-0.2, 0) is 58.9 Å². The van der Waals surface area contributed by atoms with Crippen molar-refractivity contribution in [2.45, 2.75) is 62.3 Å². The van der Waals surface area contributed by atoms with Crippen LogP contribution in [0.15, 0.2) is 59.5 Å². The fraction of sp³-hybridized carbons (Fsp3) is 0.325. The first-order valence-electron chi connectivity index (χ1n) is 19.1. The molecule has 0 radical (unpaired) electrons. The molecule has 1 unspecified atom stereocenters. The molecule has 1 saturated heterocycles. The first-order valence-corrected chi connectivity index (χ1v) is 24.5. The zero-order valence-corrected chi connectivity index (χ0v) is 39.0. The van der Waals surface area contributed by atoms with Crippen molar-refractivity contribution in [1.82, 2.24) is 9.64 Å². The van der Waals surface area contributed by atoms with Gasteiger partial charge in [-0.25, -0.2) is 31.0 Å². The molecule has 1 atom stereocenters. The summed E-state index contributed by atoms with van der Waals surface area (Å²) in [5.74, 6) is -5.86. The van der Waals surface area contributed by atoms with Gasteiger partial charge in [0.05, 0.1) is 39.0 Å². The predicted octanol–water partition coefficient (Wildman–Crippen LogP) is 0.447. The quantitative estimate of drug-likeness (QED) is 0.0514. The minimum atomic E-state index is -5.46. The van der Waals surface area contributed by atoms with E-state index < -0.39 is 92.6 Å². The first kappa shape index (κ1) is 49.9. The summed E-state index contributed by atoms with van der Waals surface area (Å²) in [5, 5.41) is 21.9. The number of likely N-dealkylation sites (N-methyl/N-ethyl adjacent to an activating group) is 2. The van der Waals surface area contributed by atoms with Crippen molar-refractivity contribution in [2.75, 3.05) is 30.5 Å². The highest BCUT2D eigenvalue weighted by atomic mass is 32.2. The average Bonchev–Trinajstić information content (AvgIpc) is 3.44. The van der Waals surface area contributed by atoms with Gasteiger partial charge in [-0.2, -0.15) is 12.8 Å². The van der Waals surface area contributed by atoms with Crippen molar-refractivity contribution in [2.24, 2.45) is 0 Å². The zero-order chi connectivity index (χ0) is 49.2. The molecule has 4 aliphatic rings. The Morgan fingerprint density at radius 3 is 2.15 bits per heavy atom. The number of amides is 2. The third-order valence-corrected chi connectivity index (χ3v) is 14.0. The Bertz CT molecular complexity index is 3180. The van der Waals surface area contributed by atoms with Crippen LogP contribution >= 0.6 is 12.0 Å². The number of ether oxygens (including phenoxy) is 1. The zero-order valence-electron chi connectivity index (χ0n) is 35.7. The first-order chi connectivity index (χ1) is 30.4. The number of carbonyl (C=O) groups excluding carboxylic acids is 3. The number of nitrogens with zero attached hydrogens (tertiary/aromatic N) is 3. The normalized spacial score (nSPS) is 18.4. The molecule has 66 heavy (non-hydrogen) atoms. The van der Waals surface area contributed by atoms with Gasteiger partial charge in [-0.15, -0.1) is 5.06 Å². The molecule has 3 aromatic rings. The maximum Gasteiger partial charge on any atom is 0.336 e. The second-order valence-corrected chi connectivity index (χ2v) is 21.4. The van der Waals surface area contributed by atoms with Crippen molar-refractivity contribution >= 4 is 88.6 Å². The third kappa shape index (κ3) is 9.92. The molecule has 4 aliphatic heterocycles. The number of anilines is 1. The van der Waals surface area contributed by atoms with Crippen LogP contribution in [0.1, 0.15) is 73.7 Å². The van der Waals surface area contributed by atoms with Crippen molar-refractivity contribution in [3.8, 4) is 11.5 Å². The number of imide groups is 1. The predicted molar refractivity (Wildman–Crippen MR) is 228 cm³/mol. The fourth-order valence-electron chi connectivity index (χ4n) is 7.92. The SMILES string of the molecule is CC(=O)ON1C(=O)CC(SOO[O-])C1=O.CN1c2cc3c(cc2C(CS(=O)(=O)O)=CC1(C)C)C(c1ccccc1C(=O)O)=c1cc2c(c(S(=O)(=O)[O-])c1O3)=[N+](C)C(C)(C)C=C2CS(=O)(=O)[O-]. The van der Waals surface area contributed by atoms with Crippen molar-refractivity contribution < 1.29 is 87.4 Å². The van der Waals surface area contributed by atoms with E-state index >= 15 is 0 Å². The minimum Gasteiger partial charge on any atom is -0.748 e. The van der Waals surface area contributed by atoms with E-state index in [1.165, 1.54) is 60.2 Å². The van der Waals surface area contributed by atoms with E-state index in [1.807, 2.05) is 0 Å². The topological polar surface area (TPSA) is 327 Å². The Morgan fingerprint density at radius 1 is 0.939 bits per heavy atom. The molecule has 4 heterocycles. The number of carboxylic acid groups (broad SMARTS) is 1. The van der Waals surface area contributed by atoms with Crippen LogP contribution in [0.25, 0.3) is 16.7 Å². The number of rotatable bonds is 11. The summed E-state index contributed by atoms with van der Waals surface area (Å²) in [7, 11) is -11.7. The summed E-state index contributed by atoms with van der Waals surface area (Å²) in [6.45, 7) is 7.92. The molecule has 354 valence electrons. The minimum absolute atomic E-state index is 0.00679. The largest absolute Gasteiger partial charge is 0.748 e. The highest BCUT2D eigenvalue weighted by Crippen LogP contribution is 2.47. The Hall–Kier alpha value is -5.55. The van der Waals surface area contributed by atoms with E-state index in [9.17, 15) is 68.5 Å². The van der Waals surface area contributed by atoms with Gasteiger partial charge in [0.25, 0.3) is 21.9 Å². The maximum absolute atomic E-state index is 13.3. The third-order valence-electron chi connectivity index (χ3n) is 11.0. The molecule has 0 spiro atoms. The molecule has 0 aromatic heterocycles. The molecule has 1 fully saturated rings. The summed E-state index contributed by atoms with van der Waals surface area (Å²) in [5.41, 5.74) is -1.01. The van der Waals surface area contributed by atoms with Crippen molar-refractivity contribution in [3.05, 3.63) is 93.0 Å². The van der Waals surface area contributed by atoms with E-state index in [0.29, 0.717) is 28.4 Å². The summed E-state index contributed by atoms with van der Waals surface area (Å²) >= 11 is 0.389. The molecule has 0 aliphatic carbocycles. The number of benzene rings is 3. The van der Waals surface area contributed by atoms with Gasteiger partial charge in [0, 0.05) is 73.5 Å². The van der Waals surface area contributed by atoms with E-state index in [1.54, 1.807) is 45.7 Å². The number of hydroxylamine groups is 2. The molecular weight excluding hydrogens is 955 g/mol. The highest BCUT2D eigenvalue weighted by Gasteiger charge is 2.43. The van der Waals surface area contributed by atoms with Gasteiger partial charge in [-0.05, 0) is 54.8 Å². The molecule has 2 amide bonds. The van der Waals surface area contributed by atoms with Gasteiger partial charge in [-0.3, -0.25) is 19.2 Å². The van der Waals surface area contributed by atoms with Gasteiger partial charge in [-0.1, -0.05) is 24.3 Å². The lowest BCUT2D eigenvalue weighted by Gasteiger charge is -2.41. The van der Waals surface area contributed by atoms with Crippen LogP contribution in [0.3, 0.4) is 0 Å². The Labute approximate surface area is 381 Å². The summed E-state index contributed by atoms with van der Waals surface area (Å²) in [6.07, 6.45) is 2.91. The summed E-state index contributed by atoms with van der Waals surface area (Å²) in [6, 6.07) is 10.2. The second kappa shape index (κ2) is 17.6. The maximum atomic E-state index is 13.3. The Kier molecular flexibility index (Phi) is 13.3. The summed E-state index contributed by atoms with van der Waals surface area (Å²) in [4.78, 5) is 50.9. The molecule has 7 rings (SSSR count). The lowest BCUT2D eigenvalue weighted by atomic mass is 9.83. The monoisotopic (exact) mass is 993 g/mol. The number of fused-ring (bicyclic) bond motifs is 4. The van der Waals surface area contributed by atoms with Gasteiger partial charge >= 0.3 is 11.9 Å². The van der Waals surface area contributed by atoms with Gasteiger partial charge < -0.3 is 33.9 Å². The van der Waals surface area contributed by atoms with E-state index in [0.717, 1.165) is 6.92 Å². The molecule has 26 heteroatoms. The van der Waals surface area contributed by atoms with E-state index in [2.05, 4.69) is 14.2 Å². The van der Waals surface area contributed by atoms with Gasteiger partial charge in [0.15, 0.2) is 16.2 Å². The lowest BCUT2D eigenvalue weighted by Crippen LogP contribution is -2.49. The average molecular weight is 994 g/mol. The van der Waals surface area contributed by atoms with Gasteiger partial charge in [0.2, 0.25) is 5.36 Å². The standard InChI is InChI=1S/C34H34N2O12S3.C6H7NO7S/c1-33(2)14-18(16-49(39,40)41)22-11-24-27(13-26(22)35(33)5)48-30-25(28(24)20-9-7-8-10-21(20)32(37)38)12-23-19(17-50(42,43)44)15-34(3,4)36(6)29(23)31(30)51(45,46)47;1-3(8)12-7-5(9)2-4(6(7)10)15-14-13-11/h7-15H,16-17H2,1-6H3,(H3-,37,38,39,40,41,42,43,44,45,46,47);4,11H,2H2,1H3/p-2. The molecule has 3 aromatic carbocycles. The van der Waals surface area contributed by atoms with Gasteiger partial charge in [0.1, 0.15) is 33.9 Å². The number of carbonyl (C=O) groups is 4. The number of carboxylic acids is 1. The highest BCUT2D eigenvalue weighted by molar-refractivity contribution is 7.96. The molecule has 0 bridgehead atoms. The van der Waals surface area contributed by atoms with Crippen LogP contribution in [0.4, 0.5) is 5.69 Å². The van der Waals surface area contributed by atoms with E-state index in [4.69, 9.17) is 4.74 Å². The fourth-order valence-corrected chi connectivity index (χ4v) is 10.5. The van der Waals surface area contributed by atoms with Crippen LogP contribution < -0.4 is 30.0 Å². The molecule has 0 saturated carbocycles. The lowest BCUT2D eigenvalue weighted by molar-refractivity contribution is -0.777. The smallest absolute Gasteiger partial charge is 0.336 e. The molecule has 2 N–H and O–H groups in total. The number of hydrogen-bond donors (Lipinski definition) is 2. The van der Waals surface area contributed by atoms with E-state index in [-0.39, 0.29) is 61.7 Å². The summed E-state index contributed by atoms with van der Waals surface area (Å²) < 4.78 is 122. The van der Waals surface area contributed by atoms with Crippen molar-refractivity contribution in [3.63, 3.8) is 0 Å². The Morgan fingerprint density at radius 2 is 1.58 bits per heavy atom. The van der Waals surface area contributed by atoms with Crippen LogP contribution in [0.5, 0.6) is 11.5 Å². The second-order valence-electron chi connectivity index (χ2n) is 16.4. The van der Waals surface area contributed by atoms with Crippen LogP contribution in [-0.4, -0.2) is 115 Å².